The van der Waals surface area contributed by atoms with Gasteiger partial charge in [-0.1, -0.05) is 0 Å². The molecule has 16 heavy (non-hydrogen) atoms. The topological polar surface area (TPSA) is 3.24 Å². The highest BCUT2D eigenvalue weighted by molar-refractivity contribution is 6.20. The van der Waals surface area contributed by atoms with Crippen LogP contribution in [0.4, 0.5) is 8.78 Å². The lowest BCUT2D eigenvalue weighted by Gasteiger charge is -2.17. The largest absolute Gasteiger partial charge is 0.302 e. The quantitative estimate of drug-likeness (QED) is 0.721. The van der Waals surface area contributed by atoms with Crippen molar-refractivity contribution in [3.05, 3.63) is 35.4 Å². The van der Waals surface area contributed by atoms with Gasteiger partial charge >= 0.3 is 0 Å². The normalized spacial score (nSPS) is 13.1. The molecule has 4 heteroatoms. The molecule has 0 aliphatic carbocycles. The van der Waals surface area contributed by atoms with Crippen LogP contribution in [0.3, 0.4) is 0 Å². The smallest absolute Gasteiger partial charge is 0.126 e. The minimum atomic E-state index is -0.533. The number of hydrogen-bond acceptors (Lipinski definition) is 1. The molecule has 0 radical (unpaired) electrons. The number of benzene rings is 1. The van der Waals surface area contributed by atoms with Gasteiger partial charge in [0.05, 0.1) is 0 Å². The first-order valence-electron chi connectivity index (χ1n) is 5.25. The first-order valence-corrected chi connectivity index (χ1v) is 5.68. The van der Waals surface area contributed by atoms with Gasteiger partial charge in [-0.2, -0.15) is 0 Å². The Labute approximate surface area is 100 Å². The molecule has 1 aromatic carbocycles. The van der Waals surface area contributed by atoms with Crippen LogP contribution >= 0.6 is 11.6 Å². The third kappa shape index (κ3) is 4.90. The molecular weight excluding hydrogens is 232 g/mol. The van der Waals surface area contributed by atoms with E-state index in [4.69, 9.17) is 11.6 Å². The van der Waals surface area contributed by atoms with Gasteiger partial charge in [0.1, 0.15) is 11.6 Å². The summed E-state index contributed by atoms with van der Waals surface area (Å²) in [5, 5.41) is 0.117. The molecule has 0 aromatic heterocycles. The van der Waals surface area contributed by atoms with Gasteiger partial charge in [0.2, 0.25) is 0 Å². The molecule has 0 spiro atoms. The van der Waals surface area contributed by atoms with Crippen molar-refractivity contribution >= 4 is 11.6 Å². The molecule has 1 nitrogen and oxygen atoms in total. The zero-order valence-electron chi connectivity index (χ0n) is 9.51. The fourth-order valence-corrected chi connectivity index (χ4v) is 1.59. The van der Waals surface area contributed by atoms with Crippen LogP contribution < -0.4 is 0 Å². The standard InChI is InChI=1S/C12H16ClF2N/c1-9(13)3-4-16(2)8-10-5-11(14)7-12(15)6-10/h5-7,9H,3-4,8H2,1-2H3. The van der Waals surface area contributed by atoms with E-state index < -0.39 is 11.6 Å². The number of alkyl halides is 1. The molecule has 90 valence electrons. The van der Waals surface area contributed by atoms with Crippen molar-refractivity contribution in [3.8, 4) is 0 Å². The Morgan fingerprint density at radius 1 is 1.25 bits per heavy atom. The fourth-order valence-electron chi connectivity index (χ4n) is 1.49. The second kappa shape index (κ2) is 6.16. The van der Waals surface area contributed by atoms with E-state index in [1.165, 1.54) is 12.1 Å². The summed E-state index contributed by atoms with van der Waals surface area (Å²) in [6.45, 7) is 3.26. The molecular formula is C12H16ClF2N. The Hall–Kier alpha value is -0.670. The molecule has 0 aliphatic heterocycles. The van der Waals surface area contributed by atoms with E-state index in [0.29, 0.717) is 12.1 Å². The summed E-state index contributed by atoms with van der Waals surface area (Å²) in [7, 11) is 1.90. The predicted octanol–water partition coefficient (Wildman–Crippen LogP) is 3.41. The molecule has 0 aliphatic rings. The lowest BCUT2D eigenvalue weighted by atomic mass is 10.2. The maximum absolute atomic E-state index is 12.9. The molecule has 1 aromatic rings. The van der Waals surface area contributed by atoms with E-state index in [1.54, 1.807) is 0 Å². The van der Waals surface area contributed by atoms with Crippen molar-refractivity contribution in [1.29, 1.82) is 0 Å². The van der Waals surface area contributed by atoms with Gasteiger partial charge in [0.15, 0.2) is 0 Å². The predicted molar refractivity (Wildman–Crippen MR) is 62.6 cm³/mol. The Bertz CT molecular complexity index is 322. The molecule has 0 saturated heterocycles. The third-order valence-electron chi connectivity index (χ3n) is 2.28. The highest BCUT2D eigenvalue weighted by Gasteiger charge is 2.05. The highest BCUT2D eigenvalue weighted by atomic mass is 35.5. The van der Waals surface area contributed by atoms with E-state index in [1.807, 2.05) is 18.9 Å². The van der Waals surface area contributed by atoms with Crippen LogP contribution in [0.15, 0.2) is 18.2 Å². The average Bonchev–Trinajstić information content (AvgIpc) is 2.12. The van der Waals surface area contributed by atoms with Crippen molar-refractivity contribution in [1.82, 2.24) is 4.90 Å². The Kier molecular flexibility index (Phi) is 5.16. The van der Waals surface area contributed by atoms with Crippen LogP contribution in [-0.2, 0) is 6.54 Å². The van der Waals surface area contributed by atoms with E-state index in [9.17, 15) is 8.78 Å². The van der Waals surface area contributed by atoms with Gasteiger partial charge in [0, 0.05) is 18.0 Å². The number of hydrogen-bond donors (Lipinski definition) is 0. The number of rotatable bonds is 5. The molecule has 1 atom stereocenters. The highest BCUT2D eigenvalue weighted by Crippen LogP contribution is 2.10. The zero-order chi connectivity index (χ0) is 12.1. The van der Waals surface area contributed by atoms with Gasteiger partial charge in [-0.15, -0.1) is 11.6 Å². The average molecular weight is 248 g/mol. The van der Waals surface area contributed by atoms with Crippen molar-refractivity contribution in [2.24, 2.45) is 0 Å². The first kappa shape index (κ1) is 13.4. The summed E-state index contributed by atoms with van der Waals surface area (Å²) in [5.41, 5.74) is 0.641. The monoisotopic (exact) mass is 247 g/mol. The van der Waals surface area contributed by atoms with Crippen molar-refractivity contribution < 1.29 is 8.78 Å². The first-order chi connectivity index (χ1) is 7.47. The summed E-state index contributed by atoms with van der Waals surface area (Å²) in [6.07, 6.45) is 0.857. The van der Waals surface area contributed by atoms with Gasteiger partial charge in [0.25, 0.3) is 0 Å². The van der Waals surface area contributed by atoms with Crippen LogP contribution in [0.1, 0.15) is 18.9 Å². The summed E-state index contributed by atoms with van der Waals surface area (Å²) in [6, 6.07) is 3.58. The van der Waals surface area contributed by atoms with Crippen LogP contribution in [-0.4, -0.2) is 23.9 Å². The third-order valence-corrected chi connectivity index (χ3v) is 2.50. The zero-order valence-corrected chi connectivity index (χ0v) is 10.3. The number of halogens is 3. The molecule has 0 amide bonds. The number of nitrogens with zero attached hydrogens (tertiary/aromatic N) is 1. The Morgan fingerprint density at radius 3 is 2.31 bits per heavy atom. The summed E-state index contributed by atoms with van der Waals surface area (Å²) < 4.78 is 25.8. The van der Waals surface area contributed by atoms with Gasteiger partial charge in [-0.05, 0) is 44.6 Å². The van der Waals surface area contributed by atoms with Crippen LogP contribution in [0.2, 0.25) is 0 Å². The summed E-state index contributed by atoms with van der Waals surface area (Å²) >= 11 is 5.83. The molecule has 0 bridgehead atoms. The minimum Gasteiger partial charge on any atom is -0.302 e. The van der Waals surface area contributed by atoms with Gasteiger partial charge in [-0.3, -0.25) is 0 Å². The molecule has 0 N–H and O–H groups in total. The minimum absolute atomic E-state index is 0.117. The van der Waals surface area contributed by atoms with Gasteiger partial charge < -0.3 is 4.90 Å². The molecule has 0 saturated carbocycles. The molecule has 1 unspecified atom stereocenters. The van der Waals surface area contributed by atoms with E-state index in [0.717, 1.165) is 19.0 Å². The molecule has 0 heterocycles. The lowest BCUT2D eigenvalue weighted by Crippen LogP contribution is -2.21. The molecule has 0 fully saturated rings. The second-order valence-electron chi connectivity index (χ2n) is 4.08. The summed E-state index contributed by atoms with van der Waals surface area (Å²) in [4.78, 5) is 1.99. The van der Waals surface area contributed by atoms with Crippen molar-refractivity contribution in [3.63, 3.8) is 0 Å². The van der Waals surface area contributed by atoms with Crippen LogP contribution in [0.25, 0.3) is 0 Å². The van der Waals surface area contributed by atoms with E-state index in [2.05, 4.69) is 0 Å². The van der Waals surface area contributed by atoms with Crippen molar-refractivity contribution in [2.45, 2.75) is 25.3 Å². The van der Waals surface area contributed by atoms with Crippen LogP contribution in [0.5, 0.6) is 0 Å². The van der Waals surface area contributed by atoms with E-state index in [-0.39, 0.29) is 5.38 Å². The maximum atomic E-state index is 12.9. The Balaban J connectivity index is 2.52. The summed E-state index contributed by atoms with van der Waals surface area (Å²) in [5.74, 6) is -1.07. The molecule has 1 rings (SSSR count). The van der Waals surface area contributed by atoms with Gasteiger partial charge in [-0.25, -0.2) is 8.78 Å². The van der Waals surface area contributed by atoms with Crippen molar-refractivity contribution in [2.75, 3.05) is 13.6 Å². The second-order valence-corrected chi connectivity index (χ2v) is 4.83. The van der Waals surface area contributed by atoms with Crippen LogP contribution in [0, 0.1) is 11.6 Å². The lowest BCUT2D eigenvalue weighted by molar-refractivity contribution is 0.320. The fraction of sp³-hybridized carbons (Fsp3) is 0.500. The maximum Gasteiger partial charge on any atom is 0.126 e. The Morgan fingerprint density at radius 2 is 1.81 bits per heavy atom. The van der Waals surface area contributed by atoms with E-state index >= 15 is 0 Å². The SMILES string of the molecule is CC(Cl)CCN(C)Cc1cc(F)cc(F)c1.